The molecule has 4 aromatic carbocycles. The van der Waals surface area contributed by atoms with Gasteiger partial charge in [0.05, 0.1) is 47.8 Å². The summed E-state index contributed by atoms with van der Waals surface area (Å²) in [4.78, 5) is 30.2. The van der Waals surface area contributed by atoms with Crippen molar-refractivity contribution in [3.63, 3.8) is 0 Å². The Morgan fingerprint density at radius 2 is 1.05 bits per heavy atom. The molecule has 0 fully saturated rings. The van der Waals surface area contributed by atoms with E-state index in [-0.39, 0.29) is 105 Å². The summed E-state index contributed by atoms with van der Waals surface area (Å²) < 4.78 is 67.4. The molecule has 2 heterocycles. The number of benzene rings is 4. The van der Waals surface area contributed by atoms with Crippen LogP contribution in [0.25, 0.3) is 11.4 Å². The van der Waals surface area contributed by atoms with Gasteiger partial charge in [-0.25, -0.2) is 0 Å². The van der Waals surface area contributed by atoms with Crippen LogP contribution in [-0.2, 0) is 20.2 Å². The van der Waals surface area contributed by atoms with Crippen LogP contribution < -0.4 is 20.4 Å². The monoisotopic (exact) mass is 901 g/mol. The minimum atomic E-state index is -4.60. The summed E-state index contributed by atoms with van der Waals surface area (Å²) in [6, 6.07) is 26.0. The Morgan fingerprint density at radius 1 is 0.571 bits per heavy atom. The second-order valence-electron chi connectivity index (χ2n) is 13.5. The Bertz CT molecular complexity index is 2760. The summed E-state index contributed by atoms with van der Waals surface area (Å²) in [5, 5.41) is 55.4. The number of nitrogens with one attached hydrogen (secondary N) is 3. The average Bonchev–Trinajstić information content (AvgIpc) is 3.26. The maximum absolute atomic E-state index is 12.0. The molecule has 2 aromatic heterocycles. The van der Waals surface area contributed by atoms with Crippen molar-refractivity contribution in [2.24, 2.45) is 0 Å². The van der Waals surface area contributed by atoms with Gasteiger partial charge in [-0.3, -0.25) is 9.11 Å². The van der Waals surface area contributed by atoms with E-state index in [0.29, 0.717) is 16.7 Å². The van der Waals surface area contributed by atoms with Crippen LogP contribution >= 0.6 is 0 Å². The van der Waals surface area contributed by atoms with E-state index in [4.69, 9.17) is 19.9 Å². The highest BCUT2D eigenvalue weighted by Crippen LogP contribution is 2.36. The molecule has 21 nitrogen and oxygen atoms in total. The van der Waals surface area contributed by atoms with Gasteiger partial charge in [-0.05, 0) is 47.5 Å². The number of hydrogen-bond donors (Lipinski definition) is 9. The van der Waals surface area contributed by atoms with E-state index in [9.17, 15) is 51.8 Å². The normalized spacial score (nSPS) is 12.1. The molecule has 0 amide bonds. The predicted molar refractivity (Wildman–Crippen MR) is 232 cm³/mol. The molecule has 0 saturated heterocycles. The van der Waals surface area contributed by atoms with Gasteiger partial charge in [-0.1, -0.05) is 66.7 Å². The fraction of sp³-hybridized carbons (Fsp3) is 0.225. The minimum absolute atomic E-state index is 0.000644. The number of aliphatic hydroxyl groups excluding tert-OH is 4. The van der Waals surface area contributed by atoms with Gasteiger partial charge in [0.15, 0.2) is 5.82 Å². The first-order valence-corrected chi connectivity index (χ1v) is 22.0. The predicted octanol–water partition coefficient (Wildman–Crippen LogP) is 2.49. The van der Waals surface area contributed by atoms with E-state index in [0.717, 1.165) is 6.07 Å². The van der Waals surface area contributed by atoms with E-state index in [1.54, 1.807) is 54.6 Å². The summed E-state index contributed by atoms with van der Waals surface area (Å²) in [6.07, 6.45) is 0. The zero-order chi connectivity index (χ0) is 45.1. The summed E-state index contributed by atoms with van der Waals surface area (Å²) in [5.41, 5.74) is 1.50. The van der Waals surface area contributed by atoms with Crippen molar-refractivity contribution in [2.75, 3.05) is 73.0 Å². The Balaban J connectivity index is 1.59. The van der Waals surface area contributed by atoms with E-state index in [2.05, 4.69) is 20.6 Å². The number of hydrogen-bond acceptors (Lipinski definition) is 19. The van der Waals surface area contributed by atoms with Gasteiger partial charge >= 0.3 is 0 Å². The molecule has 1 unspecified atom stereocenters. The third-order valence-electron chi connectivity index (χ3n) is 9.23. The fourth-order valence-corrected chi connectivity index (χ4v) is 7.44. The SMILES string of the molecule is N=C(c1ccccc1)C(c1nc(Nc2cccc(S(=O)(=O)O)c2)nc(N(CCO)CCO)n1)c1ccccc1-c1nc(Nc2cccc(S(=O)(=O)O)c2)nc(N(CCO)CCO)n1. The van der Waals surface area contributed by atoms with Gasteiger partial charge in [-0.2, -0.15) is 46.7 Å². The molecular formula is C40H43N11O10S2. The average molecular weight is 902 g/mol. The van der Waals surface area contributed by atoms with Crippen molar-refractivity contribution >= 4 is 61.1 Å². The van der Waals surface area contributed by atoms with E-state index < -0.39 is 35.9 Å². The Labute approximate surface area is 361 Å². The first kappa shape index (κ1) is 45.9. The molecule has 0 aliphatic heterocycles. The van der Waals surface area contributed by atoms with Crippen LogP contribution in [0.3, 0.4) is 0 Å². The van der Waals surface area contributed by atoms with Crippen LogP contribution in [-0.4, -0.2) is 135 Å². The molecule has 0 saturated carbocycles. The molecule has 0 aliphatic rings. The van der Waals surface area contributed by atoms with E-state index in [1.807, 2.05) is 0 Å². The van der Waals surface area contributed by atoms with Gasteiger partial charge < -0.3 is 46.3 Å². The van der Waals surface area contributed by atoms with Crippen LogP contribution in [0.15, 0.2) is 113 Å². The van der Waals surface area contributed by atoms with E-state index >= 15 is 0 Å². The van der Waals surface area contributed by atoms with Crippen LogP contribution in [0.5, 0.6) is 0 Å². The Kier molecular flexibility index (Phi) is 15.0. The maximum Gasteiger partial charge on any atom is 0.294 e. The molecule has 0 aliphatic carbocycles. The number of aliphatic hydroxyl groups is 4. The lowest BCUT2D eigenvalue weighted by molar-refractivity contribution is 0.279. The van der Waals surface area contributed by atoms with Crippen LogP contribution in [0.4, 0.5) is 35.2 Å². The van der Waals surface area contributed by atoms with Crippen molar-refractivity contribution < 1.29 is 46.4 Å². The molecule has 6 aromatic rings. The van der Waals surface area contributed by atoms with Crippen molar-refractivity contribution in [3.05, 3.63) is 120 Å². The van der Waals surface area contributed by atoms with Crippen LogP contribution in [0.2, 0.25) is 0 Å². The second-order valence-corrected chi connectivity index (χ2v) is 16.4. The molecule has 6 rings (SSSR count). The molecule has 9 N–H and O–H groups in total. The van der Waals surface area contributed by atoms with Crippen LogP contribution in [0, 0.1) is 5.41 Å². The largest absolute Gasteiger partial charge is 0.395 e. The summed E-state index contributed by atoms with van der Waals surface area (Å²) in [5.74, 6) is -1.40. The lowest BCUT2D eigenvalue weighted by Crippen LogP contribution is -2.32. The highest BCUT2D eigenvalue weighted by molar-refractivity contribution is 7.86. The maximum atomic E-state index is 12.0. The highest BCUT2D eigenvalue weighted by atomic mass is 32.2. The van der Waals surface area contributed by atoms with E-state index in [1.165, 1.54) is 52.3 Å². The van der Waals surface area contributed by atoms with Crippen molar-refractivity contribution in [2.45, 2.75) is 15.7 Å². The molecular weight excluding hydrogens is 859 g/mol. The van der Waals surface area contributed by atoms with Gasteiger partial charge in [-0.15, -0.1) is 0 Å². The Morgan fingerprint density at radius 3 is 1.56 bits per heavy atom. The fourth-order valence-electron chi connectivity index (χ4n) is 6.38. The number of nitrogens with zero attached hydrogens (tertiary/aromatic N) is 8. The first-order valence-electron chi connectivity index (χ1n) is 19.1. The third kappa shape index (κ3) is 11.7. The lowest BCUT2D eigenvalue weighted by Gasteiger charge is -2.25. The first-order chi connectivity index (χ1) is 30.2. The topological polar surface area (TPSA) is 321 Å². The lowest BCUT2D eigenvalue weighted by atomic mass is 9.86. The van der Waals surface area contributed by atoms with Gasteiger partial charge in [0.1, 0.15) is 5.82 Å². The molecule has 1 atom stereocenters. The Hall–Kier alpha value is -6.57. The molecule has 63 heavy (non-hydrogen) atoms. The van der Waals surface area contributed by atoms with Crippen molar-refractivity contribution in [1.82, 2.24) is 29.9 Å². The number of anilines is 6. The van der Waals surface area contributed by atoms with Crippen LogP contribution in [0.1, 0.15) is 22.9 Å². The molecule has 0 bridgehead atoms. The van der Waals surface area contributed by atoms with Gasteiger partial charge in [0.25, 0.3) is 20.2 Å². The smallest absolute Gasteiger partial charge is 0.294 e. The summed E-state index contributed by atoms with van der Waals surface area (Å²) >= 11 is 0. The summed E-state index contributed by atoms with van der Waals surface area (Å²) in [6.45, 7) is -1.42. The van der Waals surface area contributed by atoms with Crippen molar-refractivity contribution in [3.8, 4) is 11.4 Å². The second kappa shape index (κ2) is 20.5. The van der Waals surface area contributed by atoms with Crippen molar-refractivity contribution in [1.29, 1.82) is 5.41 Å². The highest BCUT2D eigenvalue weighted by Gasteiger charge is 2.30. The summed E-state index contributed by atoms with van der Waals surface area (Å²) in [7, 11) is -9.18. The van der Waals surface area contributed by atoms with Gasteiger partial charge in [0, 0.05) is 43.1 Å². The third-order valence-corrected chi connectivity index (χ3v) is 10.9. The van der Waals surface area contributed by atoms with Gasteiger partial charge in [0.2, 0.25) is 23.8 Å². The number of rotatable bonds is 21. The minimum Gasteiger partial charge on any atom is -0.395 e. The molecule has 23 heteroatoms. The zero-order valence-electron chi connectivity index (χ0n) is 33.3. The quantitative estimate of drug-likeness (QED) is 0.0370. The molecule has 330 valence electrons. The molecule has 0 radical (unpaired) electrons. The standard InChI is InChI=1S/C40H43N11O10S2/c41-34(26-8-2-1-3-9-26)33(36-45-38(49-40(47-36)51(18-22-54)19-23-55)43-28-11-7-13-30(25-28)63(59,60)61)31-14-4-5-15-32(31)35-44-37(48-39(46-35)50(16-20-52)17-21-53)42-27-10-6-12-29(24-27)62(56,57)58/h1-15,24-25,33,41,52-55H,16-23H2,(H,56,57,58)(H,59,60,61)(H,42,44,46,48)(H,43,45,47,49). The zero-order valence-corrected chi connectivity index (χ0v) is 34.9. The number of aromatic nitrogens is 6. The molecule has 0 spiro atoms.